The number of aromatic nitrogens is 3. The van der Waals surface area contributed by atoms with Gasteiger partial charge in [-0.1, -0.05) is 0 Å². The molecule has 1 aliphatic heterocycles. The summed E-state index contributed by atoms with van der Waals surface area (Å²) < 4.78 is 14.2. The van der Waals surface area contributed by atoms with Crippen LogP contribution >= 0.6 is 0 Å². The normalized spacial score (nSPS) is 17.7. The van der Waals surface area contributed by atoms with Crippen molar-refractivity contribution < 1.29 is 14.3 Å². The minimum atomic E-state index is -0.417. The lowest BCUT2D eigenvalue weighted by atomic mass is 10.0. The first-order valence-electron chi connectivity index (χ1n) is 8.34. The summed E-state index contributed by atoms with van der Waals surface area (Å²) in [6.07, 6.45) is 2.32. The molecule has 1 saturated heterocycles. The number of fused-ring (bicyclic) bond motifs is 1. The SMILES string of the molecule is CN1CCC(c2cc(O)n3ncc(C(=O)Nc4ccc(F)cc4)c3n2)C1. The number of aromatic hydroxyl groups is 1. The van der Waals surface area contributed by atoms with Gasteiger partial charge in [-0.15, -0.1) is 0 Å². The van der Waals surface area contributed by atoms with E-state index in [-0.39, 0.29) is 23.2 Å². The van der Waals surface area contributed by atoms with Gasteiger partial charge in [0.25, 0.3) is 5.91 Å². The number of hydrogen-bond donors (Lipinski definition) is 2. The fourth-order valence-corrected chi connectivity index (χ4v) is 3.24. The van der Waals surface area contributed by atoms with Crippen molar-refractivity contribution in [3.05, 3.63) is 53.6 Å². The minimum Gasteiger partial charge on any atom is -0.493 e. The van der Waals surface area contributed by atoms with Gasteiger partial charge in [0.1, 0.15) is 11.4 Å². The van der Waals surface area contributed by atoms with Gasteiger partial charge >= 0.3 is 0 Å². The van der Waals surface area contributed by atoms with Crippen LogP contribution in [0.2, 0.25) is 0 Å². The molecular formula is C18H18FN5O2. The molecule has 0 bridgehead atoms. The first kappa shape index (κ1) is 16.5. The van der Waals surface area contributed by atoms with Crippen molar-refractivity contribution in [3.63, 3.8) is 0 Å². The van der Waals surface area contributed by atoms with Crippen molar-refractivity contribution >= 4 is 17.2 Å². The molecule has 26 heavy (non-hydrogen) atoms. The highest BCUT2D eigenvalue weighted by molar-refractivity contribution is 6.08. The molecule has 0 saturated carbocycles. The summed E-state index contributed by atoms with van der Waals surface area (Å²) in [5.74, 6) is -0.643. The lowest BCUT2D eigenvalue weighted by Gasteiger charge is -2.11. The molecular weight excluding hydrogens is 337 g/mol. The number of amides is 1. The molecule has 4 rings (SSSR count). The molecule has 3 heterocycles. The maximum Gasteiger partial charge on any atom is 0.261 e. The summed E-state index contributed by atoms with van der Waals surface area (Å²) in [6.45, 7) is 1.82. The standard InChI is InChI=1S/C18H18FN5O2/c1-23-7-6-11(10-23)15-8-16(25)24-17(22-15)14(9-20-24)18(26)21-13-4-2-12(19)3-5-13/h2-5,8-9,11,25H,6-7,10H2,1H3,(H,21,26). The Hall–Kier alpha value is -3.00. The number of nitrogens with one attached hydrogen (secondary N) is 1. The second-order valence-electron chi connectivity index (χ2n) is 6.54. The lowest BCUT2D eigenvalue weighted by Crippen LogP contribution is -2.15. The Morgan fingerprint density at radius 3 is 2.81 bits per heavy atom. The number of rotatable bonds is 3. The number of nitrogens with zero attached hydrogens (tertiary/aromatic N) is 4. The van der Waals surface area contributed by atoms with E-state index in [2.05, 4.69) is 20.3 Å². The number of halogens is 1. The van der Waals surface area contributed by atoms with E-state index in [1.54, 1.807) is 6.07 Å². The highest BCUT2D eigenvalue weighted by atomic mass is 19.1. The summed E-state index contributed by atoms with van der Waals surface area (Å²) >= 11 is 0. The maximum atomic E-state index is 13.0. The number of carbonyl (C=O) groups excluding carboxylic acids is 1. The van der Waals surface area contributed by atoms with Crippen LogP contribution in [0, 0.1) is 5.82 Å². The van der Waals surface area contributed by atoms with Crippen LogP contribution in [0.15, 0.2) is 36.5 Å². The van der Waals surface area contributed by atoms with E-state index >= 15 is 0 Å². The predicted molar refractivity (Wildman–Crippen MR) is 93.9 cm³/mol. The Balaban J connectivity index is 1.67. The second-order valence-corrected chi connectivity index (χ2v) is 6.54. The molecule has 0 spiro atoms. The molecule has 134 valence electrons. The van der Waals surface area contributed by atoms with Gasteiger partial charge in [0.2, 0.25) is 5.88 Å². The van der Waals surface area contributed by atoms with Crippen molar-refractivity contribution in [1.29, 1.82) is 0 Å². The van der Waals surface area contributed by atoms with Gasteiger partial charge < -0.3 is 15.3 Å². The highest BCUT2D eigenvalue weighted by Gasteiger charge is 2.25. The van der Waals surface area contributed by atoms with Gasteiger partial charge in [-0.3, -0.25) is 4.79 Å². The molecule has 3 aromatic rings. The van der Waals surface area contributed by atoms with Crippen molar-refractivity contribution in [2.24, 2.45) is 0 Å². The molecule has 2 aromatic heterocycles. The molecule has 0 radical (unpaired) electrons. The van der Waals surface area contributed by atoms with Crippen molar-refractivity contribution in [3.8, 4) is 5.88 Å². The monoisotopic (exact) mass is 355 g/mol. The van der Waals surface area contributed by atoms with E-state index in [4.69, 9.17) is 0 Å². The molecule has 1 aromatic carbocycles. The van der Waals surface area contributed by atoms with E-state index in [1.807, 2.05) is 7.05 Å². The third kappa shape index (κ3) is 2.99. The van der Waals surface area contributed by atoms with Crippen LogP contribution in [0.5, 0.6) is 5.88 Å². The van der Waals surface area contributed by atoms with E-state index < -0.39 is 5.91 Å². The number of carbonyl (C=O) groups is 1. The zero-order valence-corrected chi connectivity index (χ0v) is 14.2. The highest BCUT2D eigenvalue weighted by Crippen LogP contribution is 2.28. The first-order valence-corrected chi connectivity index (χ1v) is 8.34. The van der Waals surface area contributed by atoms with Crippen molar-refractivity contribution in [1.82, 2.24) is 19.5 Å². The summed E-state index contributed by atoms with van der Waals surface area (Å²) in [5, 5.41) is 17.0. The zero-order chi connectivity index (χ0) is 18.3. The van der Waals surface area contributed by atoms with Crippen LogP contribution in [0.25, 0.3) is 5.65 Å². The molecule has 1 unspecified atom stereocenters. The van der Waals surface area contributed by atoms with Crippen LogP contribution in [-0.2, 0) is 0 Å². The number of likely N-dealkylation sites (N-methyl/N-ethyl adjacent to an activating group) is 1. The molecule has 7 nitrogen and oxygen atoms in total. The van der Waals surface area contributed by atoms with Crippen molar-refractivity contribution in [2.45, 2.75) is 12.3 Å². The summed E-state index contributed by atoms with van der Waals surface area (Å²) in [4.78, 5) is 19.4. The second kappa shape index (κ2) is 6.38. The van der Waals surface area contributed by atoms with E-state index in [1.165, 1.54) is 35.0 Å². The largest absolute Gasteiger partial charge is 0.493 e. The Morgan fingerprint density at radius 2 is 2.12 bits per heavy atom. The summed E-state index contributed by atoms with van der Waals surface area (Å²) in [5.41, 5.74) is 1.76. The third-order valence-corrected chi connectivity index (χ3v) is 4.63. The molecule has 1 fully saturated rings. The van der Waals surface area contributed by atoms with E-state index in [9.17, 15) is 14.3 Å². The van der Waals surface area contributed by atoms with E-state index in [0.717, 1.165) is 25.2 Å². The van der Waals surface area contributed by atoms with Gasteiger partial charge in [0, 0.05) is 24.2 Å². The van der Waals surface area contributed by atoms with Crippen LogP contribution in [0.4, 0.5) is 10.1 Å². The lowest BCUT2D eigenvalue weighted by molar-refractivity contribution is 0.102. The third-order valence-electron chi connectivity index (χ3n) is 4.63. The van der Waals surface area contributed by atoms with Gasteiger partial charge in [-0.25, -0.2) is 9.37 Å². The van der Waals surface area contributed by atoms with Crippen LogP contribution in [0.1, 0.15) is 28.4 Å². The Morgan fingerprint density at radius 1 is 1.35 bits per heavy atom. The number of likely N-dealkylation sites (tertiary alicyclic amines) is 1. The number of hydrogen-bond acceptors (Lipinski definition) is 5. The van der Waals surface area contributed by atoms with Crippen LogP contribution < -0.4 is 5.32 Å². The maximum absolute atomic E-state index is 13.0. The molecule has 1 aliphatic rings. The molecule has 0 aliphatic carbocycles. The quantitative estimate of drug-likeness (QED) is 0.753. The van der Waals surface area contributed by atoms with Crippen LogP contribution in [0.3, 0.4) is 0 Å². The van der Waals surface area contributed by atoms with E-state index in [0.29, 0.717) is 11.3 Å². The summed E-state index contributed by atoms with van der Waals surface area (Å²) in [7, 11) is 2.04. The van der Waals surface area contributed by atoms with Gasteiger partial charge in [0.05, 0.1) is 11.9 Å². The first-order chi connectivity index (χ1) is 12.5. The number of benzene rings is 1. The minimum absolute atomic E-state index is 0.0552. The van der Waals surface area contributed by atoms with Gasteiger partial charge in [0.15, 0.2) is 5.65 Å². The zero-order valence-electron chi connectivity index (χ0n) is 14.2. The smallest absolute Gasteiger partial charge is 0.261 e. The fourth-order valence-electron chi connectivity index (χ4n) is 3.24. The van der Waals surface area contributed by atoms with Gasteiger partial charge in [-0.2, -0.15) is 9.61 Å². The predicted octanol–water partition coefficient (Wildman–Crippen LogP) is 2.25. The van der Waals surface area contributed by atoms with Gasteiger partial charge in [-0.05, 0) is 44.3 Å². The topological polar surface area (TPSA) is 82.8 Å². The van der Waals surface area contributed by atoms with Crippen LogP contribution in [-0.4, -0.2) is 50.6 Å². The molecule has 1 atom stereocenters. The Bertz CT molecular complexity index is 970. The average molecular weight is 355 g/mol. The fraction of sp³-hybridized carbons (Fsp3) is 0.278. The number of anilines is 1. The Kier molecular flexibility index (Phi) is 4.04. The average Bonchev–Trinajstić information content (AvgIpc) is 3.23. The molecule has 1 amide bonds. The summed E-state index contributed by atoms with van der Waals surface area (Å²) in [6, 6.07) is 7.09. The Labute approximate surface area is 149 Å². The van der Waals surface area contributed by atoms with Crippen molar-refractivity contribution in [2.75, 3.05) is 25.5 Å². The molecule has 8 heteroatoms. The molecule has 2 N–H and O–H groups in total.